The van der Waals surface area contributed by atoms with Crippen molar-refractivity contribution in [3.05, 3.63) is 17.6 Å². The molecule has 0 aromatic carbocycles. The van der Waals surface area contributed by atoms with E-state index in [1.54, 1.807) is 6.33 Å². The minimum Gasteiger partial charge on any atom is -0.383 e. The van der Waals surface area contributed by atoms with Crippen LogP contribution in [0.25, 0.3) is 11.0 Å². The molecule has 0 aliphatic heterocycles. The van der Waals surface area contributed by atoms with Crippen LogP contribution < -0.4 is 5.73 Å². The molecule has 2 heterocycles. The van der Waals surface area contributed by atoms with Gasteiger partial charge in [-0.3, -0.25) is 0 Å². The Bertz CT molecular complexity index is 608. The van der Waals surface area contributed by atoms with Gasteiger partial charge in [-0.15, -0.1) is 0 Å². The van der Waals surface area contributed by atoms with Crippen molar-refractivity contribution in [2.45, 2.75) is 58.9 Å². The van der Waals surface area contributed by atoms with Gasteiger partial charge in [0, 0.05) is 12.2 Å². The fraction of sp³-hybridized carbons (Fsp3) is 0.625. The number of nitrogens with zero attached hydrogens (tertiary/aromatic N) is 3. The first-order valence-electron chi connectivity index (χ1n) is 7.74. The highest BCUT2D eigenvalue weighted by Gasteiger charge is 2.17. The third-order valence-electron chi connectivity index (χ3n) is 4.90. The van der Waals surface area contributed by atoms with Crippen LogP contribution in [0.4, 0.5) is 5.82 Å². The average Bonchev–Trinajstić information content (AvgIpc) is 3.02. The highest BCUT2D eigenvalue weighted by Crippen LogP contribution is 2.30. The van der Waals surface area contributed by atoms with Crippen molar-refractivity contribution in [3.63, 3.8) is 0 Å². The Morgan fingerprint density at radius 1 is 1.25 bits per heavy atom. The summed E-state index contributed by atoms with van der Waals surface area (Å²) in [6.45, 7) is 5.32. The van der Waals surface area contributed by atoms with Crippen LogP contribution in [-0.4, -0.2) is 14.5 Å². The van der Waals surface area contributed by atoms with Crippen LogP contribution in [0.3, 0.4) is 0 Å². The monoisotopic (exact) mass is 272 g/mol. The van der Waals surface area contributed by atoms with E-state index in [9.17, 15) is 0 Å². The molecule has 0 spiro atoms. The van der Waals surface area contributed by atoms with Gasteiger partial charge in [0.1, 0.15) is 17.8 Å². The van der Waals surface area contributed by atoms with Crippen LogP contribution in [-0.2, 0) is 6.54 Å². The standard InChI is InChI=1S/C16H24N4/c1-11-12(2)20(9-5-8-13-6-3-4-7-13)16-14(11)15(17)18-10-19-16/h10,13H,3-9H2,1-2H3,(H2,17,18,19). The van der Waals surface area contributed by atoms with Crippen LogP contribution in [0.15, 0.2) is 6.33 Å². The second-order valence-electron chi connectivity index (χ2n) is 6.11. The lowest BCUT2D eigenvalue weighted by atomic mass is 10.0. The second-order valence-corrected chi connectivity index (χ2v) is 6.11. The summed E-state index contributed by atoms with van der Waals surface area (Å²) in [6.07, 6.45) is 9.87. The Hall–Kier alpha value is -1.58. The Labute approximate surface area is 120 Å². The number of nitrogens with two attached hydrogens (primary N) is 1. The van der Waals surface area contributed by atoms with Gasteiger partial charge in [-0.2, -0.15) is 0 Å². The van der Waals surface area contributed by atoms with Crippen molar-refractivity contribution in [2.24, 2.45) is 5.92 Å². The number of fused-ring (bicyclic) bond motifs is 1. The molecule has 1 fully saturated rings. The Kier molecular flexibility index (Phi) is 3.64. The molecular formula is C16H24N4. The van der Waals surface area contributed by atoms with Crippen molar-refractivity contribution < 1.29 is 0 Å². The summed E-state index contributed by atoms with van der Waals surface area (Å²) in [7, 11) is 0. The molecule has 1 aliphatic carbocycles. The van der Waals surface area contributed by atoms with E-state index in [1.807, 2.05) is 0 Å². The fourth-order valence-electron chi connectivity index (χ4n) is 3.61. The van der Waals surface area contributed by atoms with Gasteiger partial charge in [0.25, 0.3) is 0 Å². The van der Waals surface area contributed by atoms with Crippen LogP contribution in [0, 0.1) is 19.8 Å². The second kappa shape index (κ2) is 5.43. The van der Waals surface area contributed by atoms with Crippen LogP contribution >= 0.6 is 0 Å². The fourth-order valence-corrected chi connectivity index (χ4v) is 3.61. The normalized spacial score (nSPS) is 16.3. The van der Waals surface area contributed by atoms with Crippen LogP contribution in [0.1, 0.15) is 49.8 Å². The topological polar surface area (TPSA) is 56.7 Å². The molecule has 0 radical (unpaired) electrons. The van der Waals surface area contributed by atoms with Gasteiger partial charge in [0.2, 0.25) is 0 Å². The van der Waals surface area contributed by atoms with E-state index in [0.29, 0.717) is 5.82 Å². The molecule has 1 saturated carbocycles. The molecule has 0 bridgehead atoms. The number of hydrogen-bond donors (Lipinski definition) is 1. The van der Waals surface area contributed by atoms with Gasteiger partial charge in [0.15, 0.2) is 0 Å². The third-order valence-corrected chi connectivity index (χ3v) is 4.90. The first kappa shape index (κ1) is 13.4. The maximum Gasteiger partial charge on any atom is 0.145 e. The summed E-state index contributed by atoms with van der Waals surface area (Å²) in [5.74, 6) is 1.56. The van der Waals surface area contributed by atoms with E-state index in [1.165, 1.54) is 49.8 Å². The lowest BCUT2D eigenvalue weighted by Gasteiger charge is -2.11. The molecular weight excluding hydrogens is 248 g/mol. The SMILES string of the molecule is Cc1c(C)n(CCCC2CCCC2)c2ncnc(N)c12. The molecule has 2 N–H and O–H groups in total. The lowest BCUT2D eigenvalue weighted by Crippen LogP contribution is -2.04. The van der Waals surface area contributed by atoms with Crippen molar-refractivity contribution in [3.8, 4) is 0 Å². The van der Waals surface area contributed by atoms with E-state index in [4.69, 9.17) is 5.73 Å². The summed E-state index contributed by atoms with van der Waals surface area (Å²) in [6, 6.07) is 0. The highest BCUT2D eigenvalue weighted by atomic mass is 15.1. The summed E-state index contributed by atoms with van der Waals surface area (Å²) < 4.78 is 2.32. The number of rotatable bonds is 4. The van der Waals surface area contributed by atoms with Crippen LogP contribution in [0.5, 0.6) is 0 Å². The summed E-state index contributed by atoms with van der Waals surface area (Å²) in [5, 5.41) is 1.03. The molecule has 2 aromatic heterocycles. The average molecular weight is 272 g/mol. The van der Waals surface area contributed by atoms with Gasteiger partial charge < -0.3 is 10.3 Å². The van der Waals surface area contributed by atoms with E-state index in [0.717, 1.165) is 23.5 Å². The van der Waals surface area contributed by atoms with Crippen molar-refractivity contribution in [1.82, 2.24) is 14.5 Å². The molecule has 4 nitrogen and oxygen atoms in total. The number of hydrogen-bond acceptors (Lipinski definition) is 3. The smallest absolute Gasteiger partial charge is 0.145 e. The summed E-state index contributed by atoms with van der Waals surface area (Å²) >= 11 is 0. The molecule has 0 atom stereocenters. The summed E-state index contributed by atoms with van der Waals surface area (Å²) in [5.41, 5.74) is 9.50. The zero-order valence-corrected chi connectivity index (χ0v) is 12.5. The number of aromatic nitrogens is 3. The van der Waals surface area contributed by atoms with E-state index in [-0.39, 0.29) is 0 Å². The van der Waals surface area contributed by atoms with Gasteiger partial charge in [-0.25, -0.2) is 9.97 Å². The van der Waals surface area contributed by atoms with E-state index >= 15 is 0 Å². The zero-order valence-electron chi connectivity index (χ0n) is 12.5. The molecule has 1 aliphatic rings. The molecule has 3 rings (SSSR count). The largest absolute Gasteiger partial charge is 0.383 e. The van der Waals surface area contributed by atoms with Gasteiger partial charge >= 0.3 is 0 Å². The summed E-state index contributed by atoms with van der Waals surface area (Å²) in [4.78, 5) is 8.57. The number of anilines is 1. The van der Waals surface area contributed by atoms with E-state index < -0.39 is 0 Å². The highest BCUT2D eigenvalue weighted by molar-refractivity contribution is 5.90. The van der Waals surface area contributed by atoms with Gasteiger partial charge in [-0.1, -0.05) is 25.7 Å². The number of aryl methyl sites for hydroxylation is 2. The molecule has 4 heteroatoms. The Morgan fingerprint density at radius 2 is 2.00 bits per heavy atom. The van der Waals surface area contributed by atoms with Gasteiger partial charge in [0.05, 0.1) is 5.39 Å². The first-order valence-corrected chi connectivity index (χ1v) is 7.74. The number of nitrogen functional groups attached to an aromatic ring is 1. The van der Waals surface area contributed by atoms with Crippen molar-refractivity contribution in [2.75, 3.05) is 5.73 Å². The molecule has 20 heavy (non-hydrogen) atoms. The minimum atomic E-state index is 0.602. The maximum absolute atomic E-state index is 6.00. The Morgan fingerprint density at radius 3 is 2.75 bits per heavy atom. The van der Waals surface area contributed by atoms with E-state index in [2.05, 4.69) is 28.4 Å². The van der Waals surface area contributed by atoms with Gasteiger partial charge in [-0.05, 0) is 38.2 Å². The lowest BCUT2D eigenvalue weighted by molar-refractivity contribution is 0.459. The van der Waals surface area contributed by atoms with Crippen molar-refractivity contribution >= 4 is 16.9 Å². The maximum atomic E-state index is 6.00. The van der Waals surface area contributed by atoms with Crippen LogP contribution in [0.2, 0.25) is 0 Å². The predicted molar refractivity (Wildman–Crippen MR) is 82.6 cm³/mol. The molecule has 2 aromatic rings. The van der Waals surface area contributed by atoms with Crippen molar-refractivity contribution in [1.29, 1.82) is 0 Å². The molecule has 0 unspecified atom stereocenters. The first-order chi connectivity index (χ1) is 9.68. The molecule has 0 amide bonds. The molecule has 108 valence electrons. The Balaban J connectivity index is 1.80. The quantitative estimate of drug-likeness (QED) is 0.925. The predicted octanol–water partition coefficient (Wildman–Crippen LogP) is 3.60. The molecule has 0 saturated heterocycles. The third kappa shape index (κ3) is 2.28. The zero-order chi connectivity index (χ0) is 14.1. The minimum absolute atomic E-state index is 0.602.